The van der Waals surface area contributed by atoms with Gasteiger partial charge in [-0.2, -0.15) is 0 Å². The Morgan fingerprint density at radius 1 is 1.17 bits per heavy atom. The lowest BCUT2D eigenvalue weighted by Crippen LogP contribution is -2.07. The molecule has 2 aromatic carbocycles. The highest BCUT2D eigenvalue weighted by Crippen LogP contribution is 2.25. The minimum absolute atomic E-state index is 0.0966. The number of halogens is 3. The molecule has 0 aliphatic carbocycles. The van der Waals surface area contributed by atoms with Crippen molar-refractivity contribution < 1.29 is 9.18 Å². The highest BCUT2D eigenvalue weighted by Gasteiger charge is 2.19. The van der Waals surface area contributed by atoms with Gasteiger partial charge in [-0.15, -0.1) is 0 Å². The number of carbonyl (C=O) groups is 1. The second kappa shape index (κ2) is 5.09. The van der Waals surface area contributed by atoms with Gasteiger partial charge >= 0.3 is 0 Å². The summed E-state index contributed by atoms with van der Waals surface area (Å²) in [6.45, 7) is 1.76. The van der Waals surface area contributed by atoms with E-state index in [0.717, 1.165) is 5.56 Å². The lowest BCUT2D eigenvalue weighted by Gasteiger charge is -2.08. The summed E-state index contributed by atoms with van der Waals surface area (Å²) in [5.74, 6) is -1.09. The Kier molecular flexibility index (Phi) is 3.69. The van der Waals surface area contributed by atoms with Crippen LogP contribution in [0, 0.1) is 12.7 Å². The molecule has 2 rings (SSSR count). The first-order valence-corrected chi connectivity index (χ1v) is 6.01. The van der Waals surface area contributed by atoms with Gasteiger partial charge in [-0.25, -0.2) is 4.39 Å². The summed E-state index contributed by atoms with van der Waals surface area (Å²) in [6.07, 6.45) is 0. The number of benzene rings is 2. The fraction of sp³-hybridized carbons (Fsp3) is 0.0714. The van der Waals surface area contributed by atoms with E-state index < -0.39 is 11.6 Å². The molecular weight excluding hydrogens is 274 g/mol. The lowest BCUT2D eigenvalue weighted by atomic mass is 9.99. The molecule has 0 N–H and O–H groups in total. The van der Waals surface area contributed by atoms with Crippen LogP contribution in [0.5, 0.6) is 0 Å². The third-order valence-electron chi connectivity index (χ3n) is 2.63. The van der Waals surface area contributed by atoms with Gasteiger partial charge in [0.05, 0.1) is 10.6 Å². The first kappa shape index (κ1) is 13.1. The van der Waals surface area contributed by atoms with Gasteiger partial charge in [-0.3, -0.25) is 4.79 Å². The number of hydrogen-bond donors (Lipinski definition) is 0. The molecule has 0 spiro atoms. The molecule has 0 unspecified atom stereocenters. The van der Waals surface area contributed by atoms with Crippen LogP contribution in [-0.4, -0.2) is 5.78 Å². The van der Waals surface area contributed by atoms with Gasteiger partial charge in [0, 0.05) is 10.6 Å². The van der Waals surface area contributed by atoms with Crippen molar-refractivity contribution in [2.24, 2.45) is 0 Å². The molecule has 92 valence electrons. The van der Waals surface area contributed by atoms with Gasteiger partial charge in [0.2, 0.25) is 0 Å². The zero-order valence-electron chi connectivity index (χ0n) is 9.51. The fourth-order valence-electron chi connectivity index (χ4n) is 1.69. The Balaban J connectivity index is 2.58. The Labute approximate surface area is 114 Å². The van der Waals surface area contributed by atoms with Gasteiger partial charge < -0.3 is 0 Å². The highest BCUT2D eigenvalue weighted by atomic mass is 35.5. The standard InChI is InChI=1S/C14H9Cl2FO/c1-8-5-6-9(15)7-10(8)14(18)13-11(16)3-2-4-12(13)17/h2-7H,1H3. The Hall–Kier alpha value is -1.38. The van der Waals surface area contributed by atoms with Crippen LogP contribution in [0.3, 0.4) is 0 Å². The van der Waals surface area contributed by atoms with Crippen LogP contribution in [0.15, 0.2) is 36.4 Å². The van der Waals surface area contributed by atoms with E-state index in [1.54, 1.807) is 19.1 Å². The molecule has 0 radical (unpaired) electrons. The van der Waals surface area contributed by atoms with Crippen molar-refractivity contribution >= 4 is 29.0 Å². The van der Waals surface area contributed by atoms with Gasteiger partial charge in [0.1, 0.15) is 5.82 Å². The van der Waals surface area contributed by atoms with Gasteiger partial charge in [-0.1, -0.05) is 35.3 Å². The molecule has 0 heterocycles. The summed E-state index contributed by atoms with van der Waals surface area (Å²) in [6, 6.07) is 9.05. The number of hydrogen-bond acceptors (Lipinski definition) is 1. The molecule has 0 aromatic heterocycles. The first-order chi connectivity index (χ1) is 8.50. The van der Waals surface area contributed by atoms with E-state index >= 15 is 0 Å². The Bertz CT molecular complexity index is 603. The van der Waals surface area contributed by atoms with Crippen molar-refractivity contribution in [3.05, 3.63) is 69.0 Å². The van der Waals surface area contributed by atoms with Crippen LogP contribution < -0.4 is 0 Å². The van der Waals surface area contributed by atoms with Crippen molar-refractivity contribution in [2.75, 3.05) is 0 Å². The molecule has 4 heteroatoms. The van der Waals surface area contributed by atoms with E-state index in [1.165, 1.54) is 24.3 Å². The van der Waals surface area contributed by atoms with E-state index in [2.05, 4.69) is 0 Å². The second-order valence-electron chi connectivity index (χ2n) is 3.89. The van der Waals surface area contributed by atoms with Crippen molar-refractivity contribution in [3.63, 3.8) is 0 Å². The number of carbonyl (C=O) groups excluding carboxylic acids is 1. The minimum atomic E-state index is -0.633. The molecule has 1 nitrogen and oxygen atoms in total. The lowest BCUT2D eigenvalue weighted by molar-refractivity contribution is 0.103. The molecule has 0 fully saturated rings. The quantitative estimate of drug-likeness (QED) is 0.732. The van der Waals surface area contributed by atoms with Crippen molar-refractivity contribution in [1.82, 2.24) is 0 Å². The maximum Gasteiger partial charge on any atom is 0.197 e. The minimum Gasteiger partial charge on any atom is -0.288 e. The van der Waals surface area contributed by atoms with Crippen LogP contribution in [0.1, 0.15) is 21.5 Å². The fourth-order valence-corrected chi connectivity index (χ4v) is 2.11. The molecule has 0 aliphatic rings. The highest BCUT2D eigenvalue weighted by molar-refractivity contribution is 6.35. The van der Waals surface area contributed by atoms with Gasteiger partial charge in [0.25, 0.3) is 0 Å². The molecule has 0 saturated heterocycles. The van der Waals surface area contributed by atoms with Crippen LogP contribution in [-0.2, 0) is 0 Å². The molecule has 2 aromatic rings. The number of rotatable bonds is 2. The molecule has 0 saturated carbocycles. The second-order valence-corrected chi connectivity index (χ2v) is 4.73. The zero-order valence-corrected chi connectivity index (χ0v) is 11.0. The van der Waals surface area contributed by atoms with Crippen molar-refractivity contribution in [2.45, 2.75) is 6.92 Å². The smallest absolute Gasteiger partial charge is 0.197 e. The summed E-state index contributed by atoms with van der Waals surface area (Å²) in [5, 5.41) is 0.524. The molecule has 0 atom stereocenters. The molecule has 0 bridgehead atoms. The molecule has 18 heavy (non-hydrogen) atoms. The van der Waals surface area contributed by atoms with E-state index in [0.29, 0.717) is 10.6 Å². The predicted octanol–water partition coefficient (Wildman–Crippen LogP) is 4.67. The van der Waals surface area contributed by atoms with Crippen LogP contribution >= 0.6 is 23.2 Å². The average Bonchev–Trinajstić information content (AvgIpc) is 2.32. The normalized spacial score (nSPS) is 10.4. The van der Waals surface area contributed by atoms with E-state index in [-0.39, 0.29) is 10.6 Å². The van der Waals surface area contributed by atoms with Crippen LogP contribution in [0.2, 0.25) is 10.0 Å². The monoisotopic (exact) mass is 282 g/mol. The average molecular weight is 283 g/mol. The summed E-state index contributed by atoms with van der Waals surface area (Å²) in [5.41, 5.74) is 0.961. The SMILES string of the molecule is Cc1ccc(Cl)cc1C(=O)c1c(F)cccc1Cl. The largest absolute Gasteiger partial charge is 0.288 e. The number of aryl methyl sites for hydroxylation is 1. The van der Waals surface area contributed by atoms with Crippen molar-refractivity contribution in [1.29, 1.82) is 0 Å². The summed E-state index contributed by atoms with van der Waals surface area (Å²) < 4.78 is 13.7. The topological polar surface area (TPSA) is 17.1 Å². The summed E-state index contributed by atoms with van der Waals surface area (Å²) >= 11 is 11.7. The van der Waals surface area contributed by atoms with Crippen molar-refractivity contribution in [3.8, 4) is 0 Å². The van der Waals surface area contributed by atoms with E-state index in [1.807, 2.05) is 0 Å². The third-order valence-corrected chi connectivity index (χ3v) is 3.18. The summed E-state index contributed by atoms with van der Waals surface area (Å²) in [4.78, 5) is 12.3. The molecule has 0 aliphatic heterocycles. The Morgan fingerprint density at radius 2 is 1.89 bits per heavy atom. The van der Waals surface area contributed by atoms with E-state index in [9.17, 15) is 9.18 Å². The van der Waals surface area contributed by atoms with Crippen LogP contribution in [0.4, 0.5) is 4.39 Å². The molecular formula is C14H9Cl2FO. The van der Waals surface area contributed by atoms with Crippen LogP contribution in [0.25, 0.3) is 0 Å². The Morgan fingerprint density at radius 3 is 2.56 bits per heavy atom. The molecule has 0 amide bonds. The van der Waals surface area contributed by atoms with Gasteiger partial charge in [0.15, 0.2) is 5.78 Å². The third kappa shape index (κ3) is 2.40. The zero-order chi connectivity index (χ0) is 13.3. The first-order valence-electron chi connectivity index (χ1n) is 5.25. The summed E-state index contributed by atoms with van der Waals surface area (Å²) in [7, 11) is 0. The van der Waals surface area contributed by atoms with Gasteiger partial charge in [-0.05, 0) is 36.8 Å². The maximum absolute atomic E-state index is 13.7. The number of ketones is 1. The predicted molar refractivity (Wildman–Crippen MR) is 71.0 cm³/mol. The van der Waals surface area contributed by atoms with E-state index in [4.69, 9.17) is 23.2 Å². The maximum atomic E-state index is 13.7.